The Balaban J connectivity index is 1.85. The summed E-state index contributed by atoms with van der Waals surface area (Å²) in [6.07, 6.45) is -8.59. The summed E-state index contributed by atoms with van der Waals surface area (Å²) in [7, 11) is 0. The van der Waals surface area contributed by atoms with Crippen LogP contribution in [0.1, 0.15) is 29.9 Å². The van der Waals surface area contributed by atoms with E-state index >= 15 is 0 Å². The van der Waals surface area contributed by atoms with Crippen LogP contribution in [0.15, 0.2) is 35.6 Å². The summed E-state index contributed by atoms with van der Waals surface area (Å²) >= 11 is 0. The lowest BCUT2D eigenvalue weighted by Crippen LogP contribution is -2.55. The van der Waals surface area contributed by atoms with E-state index in [1.165, 1.54) is 6.20 Å². The van der Waals surface area contributed by atoms with Crippen LogP contribution in [0.2, 0.25) is 0 Å². The number of amides is 1. The zero-order chi connectivity index (χ0) is 25.1. The predicted octanol–water partition coefficient (Wildman–Crippen LogP) is 3.10. The summed E-state index contributed by atoms with van der Waals surface area (Å²) < 4.78 is 78.7. The van der Waals surface area contributed by atoms with Crippen molar-refractivity contribution in [3.8, 4) is 17.7 Å². The summed E-state index contributed by atoms with van der Waals surface area (Å²) in [5.74, 6) is 3.59. The number of ether oxygens (including phenoxy) is 2. The fraction of sp³-hybridized carbons (Fsp3) is 0.333. The number of rotatable bonds is 5. The molecule has 3 atom stereocenters. The number of hydrogen-bond donors (Lipinski definition) is 2. The molecule has 8 nitrogen and oxygen atoms in total. The Morgan fingerprint density at radius 3 is 2.68 bits per heavy atom. The van der Waals surface area contributed by atoms with E-state index in [0.717, 1.165) is 31.3 Å². The number of amidine groups is 1. The van der Waals surface area contributed by atoms with Crippen LogP contribution in [-0.4, -0.2) is 47.0 Å². The molecule has 1 aliphatic heterocycles. The Labute approximate surface area is 190 Å². The number of carbonyl (C=O) groups is 1. The van der Waals surface area contributed by atoms with Crippen LogP contribution in [0.25, 0.3) is 0 Å². The van der Waals surface area contributed by atoms with Crippen molar-refractivity contribution in [1.29, 1.82) is 0 Å². The van der Waals surface area contributed by atoms with Gasteiger partial charge in [0.15, 0.2) is 12.8 Å². The molecule has 13 heteroatoms. The first kappa shape index (κ1) is 24.7. The van der Waals surface area contributed by atoms with E-state index in [1.54, 1.807) is 6.92 Å². The van der Waals surface area contributed by atoms with Gasteiger partial charge in [0.1, 0.15) is 17.1 Å². The van der Waals surface area contributed by atoms with Gasteiger partial charge in [0.2, 0.25) is 12.0 Å². The lowest BCUT2D eigenvalue weighted by Gasteiger charge is -2.39. The van der Waals surface area contributed by atoms with E-state index in [-0.39, 0.29) is 23.9 Å². The molecule has 180 valence electrons. The zero-order valence-electron chi connectivity index (χ0n) is 17.8. The molecule has 2 aromatic rings. The van der Waals surface area contributed by atoms with Gasteiger partial charge in [0.25, 0.3) is 11.9 Å². The first-order valence-electron chi connectivity index (χ1n) is 9.64. The maximum absolute atomic E-state index is 14.9. The summed E-state index contributed by atoms with van der Waals surface area (Å²) in [6.45, 7) is 2.66. The highest BCUT2D eigenvalue weighted by Gasteiger charge is 2.58. The highest BCUT2D eigenvalue weighted by atomic mass is 19.4. The molecule has 0 saturated heterocycles. The van der Waals surface area contributed by atoms with E-state index in [4.69, 9.17) is 10.5 Å². The number of carbonyl (C=O) groups excluding carboxylic acids is 1. The number of nitrogens with two attached hydrogens (primary N) is 1. The van der Waals surface area contributed by atoms with Gasteiger partial charge < -0.3 is 20.5 Å². The second-order valence-electron chi connectivity index (χ2n) is 7.18. The predicted molar refractivity (Wildman–Crippen MR) is 110 cm³/mol. The smallest absolute Gasteiger partial charge is 0.428 e. The van der Waals surface area contributed by atoms with Gasteiger partial charge in [-0.25, -0.2) is 23.7 Å². The summed E-state index contributed by atoms with van der Waals surface area (Å²) in [5.41, 5.74) is 2.19. The highest BCUT2D eigenvalue weighted by molar-refractivity contribution is 6.02. The number of hydrogen-bond acceptors (Lipinski definition) is 7. The fourth-order valence-electron chi connectivity index (χ4n) is 3.12. The molecule has 0 bridgehead atoms. The molecule has 2 heterocycles. The number of anilines is 1. The first-order valence-corrected chi connectivity index (χ1v) is 9.64. The summed E-state index contributed by atoms with van der Waals surface area (Å²) in [6, 6.07) is 2.00. The molecule has 0 saturated carbocycles. The van der Waals surface area contributed by atoms with Crippen LogP contribution >= 0.6 is 0 Å². The van der Waals surface area contributed by atoms with Crippen molar-refractivity contribution in [2.24, 2.45) is 10.7 Å². The third kappa shape index (κ3) is 5.16. The van der Waals surface area contributed by atoms with Crippen LogP contribution in [0.3, 0.4) is 0 Å². The summed E-state index contributed by atoms with van der Waals surface area (Å²) in [5, 5.41) is 2.39. The normalized spacial score (nSPS) is 22.0. The molecule has 1 aromatic heterocycles. The number of aliphatic imine (C=N–C) groups is 1. The average Bonchev–Trinajstić information content (AvgIpc) is 2.77. The molecule has 0 spiro atoms. The number of nitrogens with zero attached hydrogens (tertiary/aromatic N) is 3. The molecule has 0 unspecified atom stereocenters. The maximum Gasteiger partial charge on any atom is 0.428 e. The summed E-state index contributed by atoms with van der Waals surface area (Å²) in [4.78, 5) is 23.9. The molecule has 1 amide bonds. The lowest BCUT2D eigenvalue weighted by molar-refractivity contribution is -0.227. The monoisotopic (exact) mass is 483 g/mol. The molecular formula is C21H18F5N5O3. The van der Waals surface area contributed by atoms with Crippen molar-refractivity contribution < 1.29 is 36.2 Å². The molecule has 1 aliphatic rings. The van der Waals surface area contributed by atoms with E-state index in [9.17, 15) is 26.7 Å². The second-order valence-corrected chi connectivity index (χ2v) is 7.18. The molecule has 0 radical (unpaired) electrons. The molecule has 34 heavy (non-hydrogen) atoms. The number of alkyl halides is 4. The van der Waals surface area contributed by atoms with E-state index in [0.29, 0.717) is 0 Å². The van der Waals surface area contributed by atoms with Gasteiger partial charge in [-0.05, 0) is 32.0 Å². The van der Waals surface area contributed by atoms with Gasteiger partial charge in [-0.3, -0.25) is 4.79 Å². The van der Waals surface area contributed by atoms with Crippen LogP contribution in [-0.2, 0) is 10.3 Å². The molecule has 1 aromatic carbocycles. The topological polar surface area (TPSA) is 112 Å². The Kier molecular flexibility index (Phi) is 6.90. The number of halogens is 5. The van der Waals surface area contributed by atoms with Crippen molar-refractivity contribution in [2.45, 2.75) is 37.8 Å². The second kappa shape index (κ2) is 9.50. The van der Waals surface area contributed by atoms with Gasteiger partial charge in [-0.15, -0.1) is 5.92 Å². The van der Waals surface area contributed by atoms with Gasteiger partial charge >= 0.3 is 6.18 Å². The van der Waals surface area contributed by atoms with E-state index in [1.807, 2.05) is 0 Å². The maximum atomic E-state index is 14.9. The van der Waals surface area contributed by atoms with Crippen LogP contribution in [0.4, 0.5) is 27.6 Å². The Morgan fingerprint density at radius 1 is 1.32 bits per heavy atom. The third-order valence-electron chi connectivity index (χ3n) is 4.81. The first-order chi connectivity index (χ1) is 16.0. The quantitative estimate of drug-likeness (QED) is 0.500. The molecule has 0 aliphatic carbocycles. The lowest BCUT2D eigenvalue weighted by atomic mass is 9.83. The van der Waals surface area contributed by atoms with E-state index in [2.05, 4.69) is 36.9 Å². The minimum Gasteiger partial charge on any atom is -0.463 e. The van der Waals surface area contributed by atoms with Crippen molar-refractivity contribution in [3.05, 3.63) is 47.7 Å². The number of benzene rings is 1. The molecule has 3 rings (SSSR count). The SMILES string of the molecule is CC#CCOc1cnc(C(=O)Nc2ccc(F)c([C@@]3(C)N=C(N)O[C@H](C(F)(F)F)[C@@H]3F)c2)cn1. The zero-order valence-corrected chi connectivity index (χ0v) is 17.8. The van der Waals surface area contributed by atoms with Crippen molar-refractivity contribution in [2.75, 3.05) is 11.9 Å². The Hall–Kier alpha value is -3.95. The standard InChI is InChI=1S/C21H18F5N5O3/c1-3-4-7-33-15-10-28-14(9-29-15)18(32)30-11-5-6-13(22)12(8-11)20(2)16(23)17(21(24,25)26)34-19(27)31-20/h5-6,8-10,16-17H,7H2,1-2H3,(H2,27,31)(H,30,32)/t16-,17-,20+/m0/s1. The third-order valence-corrected chi connectivity index (χ3v) is 4.81. The molecule has 0 fully saturated rings. The van der Waals surface area contributed by atoms with Gasteiger partial charge in [0, 0.05) is 11.3 Å². The van der Waals surface area contributed by atoms with Gasteiger partial charge in [-0.1, -0.05) is 5.92 Å². The van der Waals surface area contributed by atoms with E-state index < -0.39 is 47.3 Å². The van der Waals surface area contributed by atoms with Crippen molar-refractivity contribution >= 4 is 17.6 Å². The number of nitrogens with one attached hydrogen (secondary N) is 1. The Bertz CT molecular complexity index is 1160. The Morgan fingerprint density at radius 2 is 2.06 bits per heavy atom. The minimum absolute atomic E-state index is 0.0565. The minimum atomic E-state index is -5.12. The van der Waals surface area contributed by atoms with Crippen molar-refractivity contribution in [1.82, 2.24) is 9.97 Å². The largest absolute Gasteiger partial charge is 0.463 e. The van der Waals surface area contributed by atoms with Crippen LogP contribution < -0.4 is 15.8 Å². The highest BCUT2D eigenvalue weighted by Crippen LogP contribution is 2.43. The van der Waals surface area contributed by atoms with Gasteiger partial charge in [0.05, 0.1) is 12.4 Å². The molecule has 3 N–H and O–H groups in total. The average molecular weight is 483 g/mol. The van der Waals surface area contributed by atoms with Crippen LogP contribution in [0.5, 0.6) is 5.88 Å². The van der Waals surface area contributed by atoms with Crippen LogP contribution in [0, 0.1) is 17.7 Å². The van der Waals surface area contributed by atoms with Crippen molar-refractivity contribution in [3.63, 3.8) is 0 Å². The fourth-order valence-corrected chi connectivity index (χ4v) is 3.12. The molecular weight excluding hydrogens is 465 g/mol. The number of aromatic nitrogens is 2. The van der Waals surface area contributed by atoms with Gasteiger partial charge in [-0.2, -0.15) is 13.2 Å².